The smallest absolute Gasteiger partial charge is 0.123 e. The molecule has 0 radical (unpaired) electrons. The van der Waals surface area contributed by atoms with Crippen LogP contribution in [-0.4, -0.2) is 14.5 Å². The molecule has 0 amide bonds. The number of thiophene rings is 1. The Labute approximate surface area is 125 Å². The minimum atomic E-state index is 0.514. The number of nitrogens with two attached hydrogens (primary N) is 1. The summed E-state index contributed by atoms with van der Waals surface area (Å²) in [7, 11) is 0. The second-order valence-electron chi connectivity index (χ2n) is 4.40. The molecule has 6 heteroatoms. The van der Waals surface area contributed by atoms with Crippen molar-refractivity contribution in [1.82, 2.24) is 14.5 Å². The Morgan fingerprint density at radius 3 is 2.95 bits per heavy atom. The number of nitrogen functional groups attached to an aromatic ring is 1. The van der Waals surface area contributed by atoms with Crippen LogP contribution in [0.1, 0.15) is 4.88 Å². The van der Waals surface area contributed by atoms with E-state index < -0.39 is 0 Å². The van der Waals surface area contributed by atoms with Gasteiger partial charge >= 0.3 is 0 Å². The van der Waals surface area contributed by atoms with Crippen molar-refractivity contribution in [2.45, 2.75) is 13.0 Å². The largest absolute Gasteiger partial charge is 0.384 e. The molecule has 0 fully saturated rings. The summed E-state index contributed by atoms with van der Waals surface area (Å²) >= 11 is 7.56. The van der Waals surface area contributed by atoms with Crippen LogP contribution in [0.25, 0.3) is 11.3 Å². The van der Waals surface area contributed by atoms with Crippen LogP contribution in [0.2, 0.25) is 4.34 Å². The third-order valence-corrected chi connectivity index (χ3v) is 4.31. The van der Waals surface area contributed by atoms with Gasteiger partial charge in [0.1, 0.15) is 5.82 Å². The van der Waals surface area contributed by atoms with Crippen LogP contribution < -0.4 is 5.73 Å². The van der Waals surface area contributed by atoms with Crippen molar-refractivity contribution in [3.8, 4) is 11.3 Å². The summed E-state index contributed by atoms with van der Waals surface area (Å²) in [4.78, 5) is 9.50. The van der Waals surface area contributed by atoms with E-state index in [9.17, 15) is 0 Å². The zero-order valence-corrected chi connectivity index (χ0v) is 12.2. The normalized spacial score (nSPS) is 10.8. The van der Waals surface area contributed by atoms with Gasteiger partial charge < -0.3 is 10.3 Å². The fourth-order valence-corrected chi connectivity index (χ4v) is 3.14. The van der Waals surface area contributed by atoms with Gasteiger partial charge in [0.25, 0.3) is 0 Å². The van der Waals surface area contributed by atoms with Crippen LogP contribution in [-0.2, 0) is 13.0 Å². The molecule has 0 bridgehead atoms. The number of nitrogens with zero attached hydrogens (tertiary/aromatic N) is 3. The van der Waals surface area contributed by atoms with Gasteiger partial charge in [-0.3, -0.25) is 0 Å². The fraction of sp³-hybridized carbons (Fsp3) is 0.143. The lowest BCUT2D eigenvalue weighted by molar-refractivity contribution is 0.707. The predicted octanol–water partition coefficient (Wildman–Crippen LogP) is 3.48. The molecule has 0 aromatic carbocycles. The molecule has 0 aliphatic rings. The zero-order chi connectivity index (χ0) is 13.9. The minimum Gasteiger partial charge on any atom is -0.384 e. The van der Waals surface area contributed by atoms with E-state index in [1.54, 1.807) is 17.5 Å². The van der Waals surface area contributed by atoms with Gasteiger partial charge in [0, 0.05) is 23.2 Å². The summed E-state index contributed by atoms with van der Waals surface area (Å²) in [5.74, 6) is 0.514. The van der Waals surface area contributed by atoms with E-state index in [1.165, 1.54) is 4.88 Å². The number of imidazole rings is 1. The van der Waals surface area contributed by atoms with Crippen molar-refractivity contribution in [2.75, 3.05) is 5.73 Å². The molecule has 102 valence electrons. The average molecular weight is 305 g/mol. The van der Waals surface area contributed by atoms with E-state index in [1.807, 2.05) is 30.7 Å². The van der Waals surface area contributed by atoms with E-state index in [0.717, 1.165) is 28.6 Å². The monoisotopic (exact) mass is 304 g/mol. The summed E-state index contributed by atoms with van der Waals surface area (Å²) < 4.78 is 2.94. The third kappa shape index (κ3) is 2.84. The Morgan fingerprint density at radius 2 is 2.20 bits per heavy atom. The predicted molar refractivity (Wildman–Crippen MR) is 82.9 cm³/mol. The summed E-state index contributed by atoms with van der Waals surface area (Å²) in [6.45, 7) is 0.856. The molecule has 3 rings (SSSR count). The maximum Gasteiger partial charge on any atom is 0.123 e. The summed E-state index contributed by atoms with van der Waals surface area (Å²) in [5, 5.41) is 0. The van der Waals surface area contributed by atoms with Crippen molar-refractivity contribution in [1.29, 1.82) is 0 Å². The van der Waals surface area contributed by atoms with Crippen molar-refractivity contribution in [2.24, 2.45) is 0 Å². The van der Waals surface area contributed by atoms with Gasteiger partial charge in [-0.1, -0.05) is 11.6 Å². The minimum absolute atomic E-state index is 0.514. The SMILES string of the molecule is Nc1cc(-c2cncn2CCc2ccc(Cl)s2)ccn1. The number of rotatable bonds is 4. The molecule has 20 heavy (non-hydrogen) atoms. The molecule has 3 aromatic rings. The zero-order valence-electron chi connectivity index (χ0n) is 10.7. The Balaban J connectivity index is 1.80. The Kier molecular flexibility index (Phi) is 3.71. The molecule has 0 unspecified atom stereocenters. The van der Waals surface area contributed by atoms with Gasteiger partial charge in [-0.2, -0.15) is 0 Å². The van der Waals surface area contributed by atoms with Crippen LogP contribution in [0.15, 0.2) is 43.0 Å². The van der Waals surface area contributed by atoms with Crippen molar-refractivity contribution in [3.05, 3.63) is 52.2 Å². The molecule has 0 atom stereocenters. The molecular weight excluding hydrogens is 292 g/mol. The Morgan fingerprint density at radius 1 is 1.30 bits per heavy atom. The molecule has 3 aromatic heterocycles. The number of pyridine rings is 1. The highest BCUT2D eigenvalue weighted by atomic mass is 35.5. The molecule has 0 aliphatic carbocycles. The van der Waals surface area contributed by atoms with Crippen molar-refractivity contribution >= 4 is 28.8 Å². The lowest BCUT2D eigenvalue weighted by Gasteiger charge is -2.07. The quantitative estimate of drug-likeness (QED) is 0.803. The van der Waals surface area contributed by atoms with Gasteiger partial charge in [0.05, 0.1) is 22.6 Å². The number of hydrogen-bond donors (Lipinski definition) is 1. The van der Waals surface area contributed by atoms with Crippen LogP contribution in [0.4, 0.5) is 5.82 Å². The topological polar surface area (TPSA) is 56.7 Å². The maximum atomic E-state index is 5.94. The van der Waals surface area contributed by atoms with E-state index in [0.29, 0.717) is 5.82 Å². The van der Waals surface area contributed by atoms with E-state index in [2.05, 4.69) is 20.6 Å². The third-order valence-electron chi connectivity index (χ3n) is 3.02. The number of aromatic nitrogens is 3. The highest BCUT2D eigenvalue weighted by Gasteiger charge is 2.06. The lowest BCUT2D eigenvalue weighted by Crippen LogP contribution is -2.01. The van der Waals surface area contributed by atoms with Gasteiger partial charge in [0.2, 0.25) is 0 Å². The molecule has 2 N–H and O–H groups in total. The van der Waals surface area contributed by atoms with Gasteiger partial charge in [-0.15, -0.1) is 11.3 Å². The van der Waals surface area contributed by atoms with Gasteiger partial charge in [-0.05, 0) is 30.7 Å². The number of anilines is 1. The first kappa shape index (κ1) is 13.1. The summed E-state index contributed by atoms with van der Waals surface area (Å²) in [6, 6.07) is 7.79. The average Bonchev–Trinajstić information content (AvgIpc) is 3.05. The Bertz CT molecular complexity index is 719. The highest BCUT2D eigenvalue weighted by molar-refractivity contribution is 7.16. The first-order valence-corrected chi connectivity index (χ1v) is 7.38. The first-order valence-electron chi connectivity index (χ1n) is 6.18. The standard InChI is InChI=1S/C14H13ClN4S/c15-13-2-1-11(20-13)4-6-19-9-17-8-12(19)10-3-5-18-14(16)7-10/h1-3,5,7-9H,4,6H2,(H2,16,18). The van der Waals surface area contributed by atoms with E-state index >= 15 is 0 Å². The maximum absolute atomic E-state index is 5.94. The molecule has 0 saturated heterocycles. The highest BCUT2D eigenvalue weighted by Crippen LogP contribution is 2.24. The first-order chi connectivity index (χ1) is 9.72. The second kappa shape index (κ2) is 5.64. The van der Waals surface area contributed by atoms with Crippen molar-refractivity contribution in [3.63, 3.8) is 0 Å². The van der Waals surface area contributed by atoms with Crippen LogP contribution in [0.3, 0.4) is 0 Å². The van der Waals surface area contributed by atoms with Crippen molar-refractivity contribution < 1.29 is 0 Å². The second-order valence-corrected chi connectivity index (χ2v) is 6.20. The summed E-state index contributed by atoms with van der Waals surface area (Å²) in [5.41, 5.74) is 7.80. The lowest BCUT2D eigenvalue weighted by atomic mass is 10.2. The Hall–Kier alpha value is -1.85. The van der Waals surface area contributed by atoms with Crippen LogP contribution in [0.5, 0.6) is 0 Å². The molecule has 0 spiro atoms. The fourth-order valence-electron chi connectivity index (χ4n) is 2.06. The molecule has 0 aliphatic heterocycles. The number of aryl methyl sites for hydroxylation is 2. The van der Waals surface area contributed by atoms with E-state index in [4.69, 9.17) is 17.3 Å². The van der Waals surface area contributed by atoms with Gasteiger partial charge in [0.15, 0.2) is 0 Å². The van der Waals surface area contributed by atoms with Crippen LogP contribution >= 0.6 is 22.9 Å². The van der Waals surface area contributed by atoms with E-state index in [-0.39, 0.29) is 0 Å². The molecule has 0 saturated carbocycles. The van der Waals surface area contributed by atoms with Crippen LogP contribution in [0, 0.1) is 0 Å². The number of hydrogen-bond acceptors (Lipinski definition) is 4. The summed E-state index contributed by atoms with van der Waals surface area (Å²) in [6.07, 6.45) is 6.32. The van der Waals surface area contributed by atoms with Gasteiger partial charge in [-0.25, -0.2) is 9.97 Å². The molecule has 3 heterocycles. The molecule has 4 nitrogen and oxygen atoms in total. The molecular formula is C14H13ClN4S. The number of halogens is 1.